The van der Waals surface area contributed by atoms with Crippen LogP contribution in [0.25, 0.3) is 42.4 Å². The van der Waals surface area contributed by atoms with Gasteiger partial charge >= 0.3 is 0 Å². The first kappa shape index (κ1) is 51.1. The van der Waals surface area contributed by atoms with Gasteiger partial charge in [-0.25, -0.2) is 0 Å². The molecular weight excluding hydrogens is 960 g/mol. The Morgan fingerprint density at radius 1 is 0.423 bits per heavy atom. The van der Waals surface area contributed by atoms with Crippen LogP contribution in [0.1, 0.15) is 167 Å². The summed E-state index contributed by atoms with van der Waals surface area (Å²) in [4.78, 5) is 5.46. The summed E-state index contributed by atoms with van der Waals surface area (Å²) >= 11 is 1.97. The Kier molecular flexibility index (Phi) is 11.2. The maximum atomic E-state index is 2.74. The molecule has 2 nitrogen and oxygen atoms in total. The maximum absolute atomic E-state index is 2.74. The van der Waals surface area contributed by atoms with Crippen LogP contribution in [-0.2, 0) is 32.5 Å². The van der Waals surface area contributed by atoms with Crippen molar-refractivity contribution in [1.82, 2.24) is 0 Å². The third-order valence-corrected chi connectivity index (χ3v) is 20.7. The minimum atomic E-state index is -0.0492. The van der Waals surface area contributed by atoms with Crippen molar-refractivity contribution >= 4 is 88.7 Å². The van der Waals surface area contributed by atoms with Gasteiger partial charge in [0.15, 0.2) is 0 Å². The zero-order valence-corrected chi connectivity index (χ0v) is 50.3. The van der Waals surface area contributed by atoms with Gasteiger partial charge in [0, 0.05) is 54.2 Å². The molecule has 13 rings (SSSR count). The molecule has 0 atom stereocenters. The summed E-state index contributed by atoms with van der Waals surface area (Å²) in [5.74, 6) is 0. The molecule has 0 spiro atoms. The van der Waals surface area contributed by atoms with Crippen LogP contribution >= 0.6 is 11.3 Å². The third kappa shape index (κ3) is 7.84. The first-order valence-corrected chi connectivity index (χ1v) is 29.9. The van der Waals surface area contributed by atoms with Gasteiger partial charge in [-0.2, -0.15) is 0 Å². The summed E-state index contributed by atoms with van der Waals surface area (Å²) in [5.41, 5.74) is 28.2. The molecule has 0 amide bonds. The van der Waals surface area contributed by atoms with E-state index in [1.165, 1.54) is 144 Å². The minimum absolute atomic E-state index is 0.0163. The lowest BCUT2D eigenvalue weighted by molar-refractivity contribution is 0.332. The highest BCUT2D eigenvalue weighted by molar-refractivity contribution is 7.26. The highest BCUT2D eigenvalue weighted by Gasteiger charge is 2.48. The fourth-order valence-corrected chi connectivity index (χ4v) is 15.7. The van der Waals surface area contributed by atoms with Gasteiger partial charge in [-0.1, -0.05) is 176 Å². The number of fused-ring (bicyclic) bond motifs is 9. The molecule has 4 heteroatoms. The molecule has 78 heavy (non-hydrogen) atoms. The zero-order valence-electron chi connectivity index (χ0n) is 49.5. The smallest absolute Gasteiger partial charge is 0.252 e. The van der Waals surface area contributed by atoms with E-state index in [9.17, 15) is 0 Å². The van der Waals surface area contributed by atoms with Crippen LogP contribution in [0.15, 0.2) is 140 Å². The molecule has 0 bridgehead atoms. The van der Waals surface area contributed by atoms with Crippen molar-refractivity contribution in [2.75, 3.05) is 9.80 Å². The quantitative estimate of drug-likeness (QED) is 0.162. The summed E-state index contributed by atoms with van der Waals surface area (Å²) in [6.45, 7) is 38.6. The number of thiophene rings is 1. The summed E-state index contributed by atoms with van der Waals surface area (Å²) in [6, 6.07) is 56.1. The highest BCUT2D eigenvalue weighted by atomic mass is 32.1. The van der Waals surface area contributed by atoms with Crippen molar-refractivity contribution in [3.05, 3.63) is 184 Å². The molecule has 0 fully saturated rings. The molecule has 1 aromatic heterocycles. The summed E-state index contributed by atoms with van der Waals surface area (Å²) in [7, 11) is 0. The first-order valence-electron chi connectivity index (χ1n) is 29.1. The molecule has 0 N–H and O–H groups in total. The average Bonchev–Trinajstić information content (AvgIpc) is 2.44. The Hall–Kier alpha value is -6.36. The van der Waals surface area contributed by atoms with Crippen LogP contribution in [0.4, 0.5) is 34.1 Å². The standard InChI is InChI=1S/C74H79BN2S/c1-44-21-20-22-45(2)67(44)47-35-63-68-64(36-47)77(60-30-26-48(69(3,4)5)37-52(60)46-23-18-17-19-24-46)61-40-53-51-28-25-49(70(6,7)8)38-65(51)78-66(53)43-59(61)75(68)58-41-56-57(74(15,16)34-33-73(56,13)14)42-62(58)76(63)50-27-29-54-55(39-50)72(11,12)32-31-71(54,9)10/h17-30,35-43H,31-34H2,1-16H3. The van der Waals surface area contributed by atoms with Crippen molar-refractivity contribution in [2.45, 2.75) is 169 Å². The van der Waals surface area contributed by atoms with Gasteiger partial charge < -0.3 is 9.80 Å². The second-order valence-corrected chi connectivity index (χ2v) is 29.9. The summed E-state index contributed by atoms with van der Waals surface area (Å²) in [5, 5.41) is 2.66. The summed E-state index contributed by atoms with van der Waals surface area (Å²) in [6.07, 6.45) is 4.67. The van der Waals surface area contributed by atoms with Gasteiger partial charge in [-0.15, -0.1) is 11.3 Å². The molecule has 0 saturated carbocycles. The Balaban J connectivity index is 1.22. The molecular formula is C74H79BN2S. The van der Waals surface area contributed by atoms with Crippen molar-refractivity contribution in [1.29, 1.82) is 0 Å². The van der Waals surface area contributed by atoms with Gasteiger partial charge in [0.25, 0.3) is 6.71 Å². The van der Waals surface area contributed by atoms with E-state index in [0.717, 1.165) is 19.3 Å². The van der Waals surface area contributed by atoms with E-state index in [1.807, 2.05) is 11.3 Å². The lowest BCUT2D eigenvalue weighted by Crippen LogP contribution is -2.62. The van der Waals surface area contributed by atoms with E-state index in [2.05, 4.69) is 260 Å². The number of aryl methyl sites for hydroxylation is 2. The molecule has 394 valence electrons. The molecule has 8 aromatic carbocycles. The number of nitrogens with zero attached hydrogens (tertiary/aromatic N) is 2. The van der Waals surface area contributed by atoms with Gasteiger partial charge in [0.2, 0.25) is 0 Å². The van der Waals surface area contributed by atoms with Crippen LogP contribution in [0.5, 0.6) is 0 Å². The van der Waals surface area contributed by atoms with Crippen molar-refractivity contribution in [3.63, 3.8) is 0 Å². The third-order valence-electron chi connectivity index (χ3n) is 19.6. The minimum Gasteiger partial charge on any atom is -0.311 e. The molecule has 4 aliphatic rings. The van der Waals surface area contributed by atoms with Crippen LogP contribution in [-0.4, -0.2) is 6.71 Å². The number of anilines is 6. The normalized spacial score (nSPS) is 17.6. The number of rotatable bonds is 4. The lowest BCUT2D eigenvalue weighted by atomic mass is 9.33. The van der Waals surface area contributed by atoms with Crippen molar-refractivity contribution in [2.24, 2.45) is 0 Å². The van der Waals surface area contributed by atoms with Gasteiger partial charge in [-0.05, 0) is 210 Å². The Morgan fingerprint density at radius 3 is 1.60 bits per heavy atom. The molecule has 3 heterocycles. The molecule has 0 radical (unpaired) electrons. The Morgan fingerprint density at radius 2 is 0.962 bits per heavy atom. The molecule has 0 saturated heterocycles. The molecule has 0 unspecified atom stereocenters. The first-order chi connectivity index (χ1) is 36.7. The fraction of sp³-hybridized carbons (Fsp3) is 0.351. The Labute approximate surface area is 471 Å². The molecule has 2 aliphatic carbocycles. The predicted octanol–water partition coefficient (Wildman–Crippen LogP) is 19.4. The van der Waals surface area contributed by atoms with Gasteiger partial charge in [0.1, 0.15) is 0 Å². The second kappa shape index (κ2) is 17.1. The van der Waals surface area contributed by atoms with E-state index in [4.69, 9.17) is 0 Å². The van der Waals surface area contributed by atoms with Gasteiger partial charge in [-0.3, -0.25) is 0 Å². The SMILES string of the molecule is Cc1cccc(C)c1-c1cc2c3c(c1)N(c1ccc(C(C)(C)C)cc1-c1ccccc1)c1cc4c(cc1B3c1cc3c(cc1N2c1ccc2c(c1)C(C)(C)CCC2(C)C)C(C)(C)CCC3(C)C)sc1cc(C(C)(C)C)ccc14. The number of hydrogen-bond acceptors (Lipinski definition) is 3. The molecule has 9 aromatic rings. The van der Waals surface area contributed by atoms with E-state index < -0.39 is 0 Å². The lowest BCUT2D eigenvalue weighted by Gasteiger charge is -2.48. The van der Waals surface area contributed by atoms with Crippen LogP contribution in [0.2, 0.25) is 0 Å². The van der Waals surface area contributed by atoms with Crippen molar-refractivity contribution < 1.29 is 0 Å². The van der Waals surface area contributed by atoms with E-state index in [0.29, 0.717) is 0 Å². The highest BCUT2D eigenvalue weighted by Crippen LogP contribution is 2.55. The monoisotopic (exact) mass is 1040 g/mol. The van der Waals surface area contributed by atoms with Crippen LogP contribution in [0.3, 0.4) is 0 Å². The van der Waals surface area contributed by atoms with E-state index >= 15 is 0 Å². The second-order valence-electron chi connectivity index (χ2n) is 28.8. The van der Waals surface area contributed by atoms with Gasteiger partial charge in [0.05, 0.1) is 5.69 Å². The summed E-state index contributed by atoms with van der Waals surface area (Å²) < 4.78 is 2.70. The fourth-order valence-electron chi connectivity index (χ4n) is 14.5. The number of hydrogen-bond donors (Lipinski definition) is 0. The topological polar surface area (TPSA) is 6.48 Å². The van der Waals surface area contributed by atoms with E-state index in [1.54, 1.807) is 0 Å². The largest absolute Gasteiger partial charge is 0.311 e. The average molecular weight is 1040 g/mol. The predicted molar refractivity (Wildman–Crippen MR) is 342 cm³/mol. The van der Waals surface area contributed by atoms with Crippen LogP contribution < -0.4 is 26.2 Å². The maximum Gasteiger partial charge on any atom is 0.252 e. The molecule has 2 aliphatic heterocycles. The number of benzene rings is 8. The van der Waals surface area contributed by atoms with E-state index in [-0.39, 0.29) is 39.2 Å². The van der Waals surface area contributed by atoms with Crippen molar-refractivity contribution in [3.8, 4) is 22.3 Å². The zero-order chi connectivity index (χ0) is 55.0. The van der Waals surface area contributed by atoms with Crippen LogP contribution in [0, 0.1) is 13.8 Å². The Bertz CT molecular complexity index is 3960.